The van der Waals surface area contributed by atoms with Gasteiger partial charge in [0.15, 0.2) is 0 Å². The zero-order valence-electron chi connectivity index (χ0n) is 8.35. The summed E-state index contributed by atoms with van der Waals surface area (Å²) < 4.78 is 6.92. The Labute approximate surface area is 93.4 Å². The average Bonchev–Trinajstić information content (AvgIpc) is 2.23. The summed E-state index contributed by atoms with van der Waals surface area (Å²) in [6.45, 7) is 1.18. The Kier molecular flexibility index (Phi) is 2.75. The van der Waals surface area contributed by atoms with Crippen molar-refractivity contribution in [3.63, 3.8) is 0 Å². The van der Waals surface area contributed by atoms with Crippen LogP contribution in [0.5, 0.6) is 0 Å². The van der Waals surface area contributed by atoms with E-state index in [1.807, 2.05) is 0 Å². The lowest BCUT2D eigenvalue weighted by Crippen LogP contribution is -2.43. The van der Waals surface area contributed by atoms with Gasteiger partial charge in [-0.15, -0.1) is 12.6 Å². The second-order valence-corrected chi connectivity index (χ2v) is 4.61. The lowest BCUT2D eigenvalue weighted by molar-refractivity contribution is 0.0436. The van der Waals surface area contributed by atoms with Gasteiger partial charge >= 0.3 is 0 Å². The normalized spacial score (nSPS) is 26.5. The van der Waals surface area contributed by atoms with Gasteiger partial charge in [0.2, 0.25) is 0 Å². The van der Waals surface area contributed by atoms with E-state index in [9.17, 15) is 4.79 Å². The van der Waals surface area contributed by atoms with Crippen LogP contribution in [0.15, 0.2) is 23.1 Å². The smallest absolute Gasteiger partial charge is 0.274 e. The van der Waals surface area contributed by atoms with Crippen molar-refractivity contribution >= 4 is 18.3 Å². The quantitative estimate of drug-likeness (QED) is 0.697. The molecule has 1 aliphatic heterocycles. The van der Waals surface area contributed by atoms with Crippen LogP contribution in [0, 0.1) is 0 Å². The summed E-state index contributed by atoms with van der Waals surface area (Å²) in [5, 5.41) is 0. The first-order chi connectivity index (χ1) is 7.13. The fraction of sp³-hybridized carbons (Fsp3) is 0.500. The highest BCUT2D eigenvalue weighted by atomic mass is 32.1. The molecule has 82 valence electrons. The van der Waals surface area contributed by atoms with Gasteiger partial charge in [-0.2, -0.15) is 0 Å². The maximum absolute atomic E-state index is 11.8. The summed E-state index contributed by atoms with van der Waals surface area (Å²) in [5.41, 5.74) is 5.63. The number of ether oxygens (including phenoxy) is 1. The molecule has 0 aliphatic carbocycles. The molecule has 1 saturated heterocycles. The summed E-state index contributed by atoms with van der Waals surface area (Å²) in [6, 6.07) is 3.35. The zero-order valence-corrected chi connectivity index (χ0v) is 9.24. The number of nitrogens with zero attached hydrogens (tertiary/aromatic N) is 1. The topological polar surface area (TPSA) is 57.2 Å². The first-order valence-electron chi connectivity index (χ1n) is 4.91. The summed E-state index contributed by atoms with van der Waals surface area (Å²) in [5.74, 6) is 0. The number of rotatable bonds is 1. The lowest BCUT2D eigenvalue weighted by Gasteiger charge is -2.34. The van der Waals surface area contributed by atoms with Crippen molar-refractivity contribution in [3.8, 4) is 0 Å². The molecule has 5 heteroatoms. The SMILES string of the molecule is Nc1cccn(C2(S)CCCOC2)c1=O. The standard InChI is InChI=1S/C10H14N2O2S/c11-8-3-1-5-12(9(8)13)10(15)4-2-6-14-7-10/h1,3,5,15H,2,4,6-7,11H2. The van der Waals surface area contributed by atoms with E-state index in [1.165, 1.54) is 0 Å². The number of hydrogen-bond acceptors (Lipinski definition) is 4. The third-order valence-corrected chi connectivity index (χ3v) is 3.19. The van der Waals surface area contributed by atoms with Crippen LogP contribution in [0.4, 0.5) is 5.69 Å². The molecule has 0 radical (unpaired) electrons. The minimum absolute atomic E-state index is 0.196. The maximum Gasteiger partial charge on any atom is 0.274 e. The van der Waals surface area contributed by atoms with Crippen LogP contribution in [0.3, 0.4) is 0 Å². The first-order valence-corrected chi connectivity index (χ1v) is 5.36. The number of hydrogen-bond donors (Lipinski definition) is 2. The van der Waals surface area contributed by atoms with E-state index in [-0.39, 0.29) is 11.2 Å². The van der Waals surface area contributed by atoms with Gasteiger partial charge in [0, 0.05) is 12.8 Å². The Hall–Kier alpha value is -0.940. The molecule has 15 heavy (non-hydrogen) atoms. The van der Waals surface area contributed by atoms with Gasteiger partial charge in [-0.05, 0) is 25.0 Å². The Bertz CT molecular complexity index is 410. The van der Waals surface area contributed by atoms with Crippen LogP contribution < -0.4 is 11.3 Å². The van der Waals surface area contributed by atoms with Gasteiger partial charge in [0.25, 0.3) is 5.56 Å². The molecule has 1 unspecified atom stereocenters. The number of thiol groups is 1. The van der Waals surface area contributed by atoms with Gasteiger partial charge in [0.1, 0.15) is 4.87 Å². The van der Waals surface area contributed by atoms with Crippen LogP contribution in [0.25, 0.3) is 0 Å². The maximum atomic E-state index is 11.8. The van der Waals surface area contributed by atoms with Crippen LogP contribution in [-0.4, -0.2) is 17.8 Å². The Morgan fingerprint density at radius 2 is 2.40 bits per heavy atom. The van der Waals surface area contributed by atoms with Crippen LogP contribution >= 0.6 is 12.6 Å². The predicted octanol–water partition coefficient (Wildman–Crippen LogP) is 0.824. The van der Waals surface area contributed by atoms with Crippen LogP contribution in [-0.2, 0) is 9.61 Å². The zero-order chi connectivity index (χ0) is 10.9. The molecule has 1 fully saturated rings. The Morgan fingerprint density at radius 3 is 3.07 bits per heavy atom. The van der Waals surface area contributed by atoms with Gasteiger partial charge in [-0.3, -0.25) is 9.36 Å². The fourth-order valence-electron chi connectivity index (χ4n) is 1.79. The monoisotopic (exact) mass is 226 g/mol. The van der Waals surface area contributed by atoms with E-state index in [1.54, 1.807) is 22.9 Å². The molecule has 1 aliphatic rings. The minimum atomic E-state index is -0.551. The van der Waals surface area contributed by atoms with Crippen molar-refractivity contribution in [1.29, 1.82) is 0 Å². The lowest BCUT2D eigenvalue weighted by atomic mass is 10.1. The van der Waals surface area contributed by atoms with E-state index < -0.39 is 4.87 Å². The van der Waals surface area contributed by atoms with Crippen LogP contribution in [0.2, 0.25) is 0 Å². The van der Waals surface area contributed by atoms with Gasteiger partial charge < -0.3 is 10.5 Å². The molecule has 0 amide bonds. The number of anilines is 1. The number of nitrogens with two attached hydrogens (primary N) is 1. The number of pyridine rings is 1. The van der Waals surface area contributed by atoms with Crippen molar-refractivity contribution in [3.05, 3.63) is 28.7 Å². The highest BCUT2D eigenvalue weighted by molar-refractivity contribution is 7.81. The van der Waals surface area contributed by atoms with Crippen molar-refractivity contribution in [1.82, 2.24) is 4.57 Å². The first kappa shape index (κ1) is 10.6. The summed E-state index contributed by atoms with van der Waals surface area (Å²) in [6.07, 6.45) is 3.44. The largest absolute Gasteiger partial charge is 0.394 e. The highest BCUT2D eigenvalue weighted by Gasteiger charge is 2.31. The molecule has 2 N–H and O–H groups in total. The van der Waals surface area contributed by atoms with Crippen molar-refractivity contribution in [2.45, 2.75) is 17.7 Å². The van der Waals surface area contributed by atoms with E-state index in [0.29, 0.717) is 6.61 Å². The molecule has 1 aromatic heterocycles. The van der Waals surface area contributed by atoms with Gasteiger partial charge in [-0.25, -0.2) is 0 Å². The molecule has 2 rings (SSSR count). The van der Waals surface area contributed by atoms with Gasteiger partial charge in [0.05, 0.1) is 12.3 Å². The Balaban J connectivity index is 2.43. The molecule has 0 aromatic carbocycles. The van der Waals surface area contributed by atoms with Crippen molar-refractivity contribution < 1.29 is 4.74 Å². The predicted molar refractivity (Wildman–Crippen MR) is 62.1 cm³/mol. The summed E-state index contributed by atoms with van der Waals surface area (Å²) in [7, 11) is 0. The van der Waals surface area contributed by atoms with Crippen LogP contribution in [0.1, 0.15) is 12.8 Å². The molecule has 2 heterocycles. The molecule has 1 aromatic rings. The molecule has 4 nitrogen and oxygen atoms in total. The van der Waals surface area contributed by atoms with E-state index >= 15 is 0 Å². The van der Waals surface area contributed by atoms with E-state index in [0.717, 1.165) is 19.4 Å². The highest BCUT2D eigenvalue weighted by Crippen LogP contribution is 2.29. The van der Waals surface area contributed by atoms with E-state index in [2.05, 4.69) is 12.6 Å². The molecule has 1 atom stereocenters. The van der Waals surface area contributed by atoms with Crippen molar-refractivity contribution in [2.75, 3.05) is 18.9 Å². The Morgan fingerprint density at radius 1 is 1.60 bits per heavy atom. The second kappa shape index (κ2) is 3.90. The number of aromatic nitrogens is 1. The molecule has 0 bridgehead atoms. The molecule has 0 saturated carbocycles. The average molecular weight is 226 g/mol. The summed E-state index contributed by atoms with van der Waals surface area (Å²) >= 11 is 4.54. The third kappa shape index (κ3) is 1.89. The van der Waals surface area contributed by atoms with Crippen molar-refractivity contribution in [2.24, 2.45) is 0 Å². The molecular formula is C10H14N2O2S. The third-order valence-electron chi connectivity index (χ3n) is 2.62. The molecular weight excluding hydrogens is 212 g/mol. The molecule has 0 spiro atoms. The van der Waals surface area contributed by atoms with E-state index in [4.69, 9.17) is 10.5 Å². The fourth-order valence-corrected chi connectivity index (χ4v) is 2.20. The second-order valence-electron chi connectivity index (χ2n) is 3.78. The number of nitrogen functional groups attached to an aromatic ring is 1. The van der Waals surface area contributed by atoms with Gasteiger partial charge in [-0.1, -0.05) is 0 Å². The minimum Gasteiger partial charge on any atom is -0.394 e. The summed E-state index contributed by atoms with van der Waals surface area (Å²) in [4.78, 5) is 11.3.